The molecule has 1 rings (SSSR count). The quantitative estimate of drug-likeness (QED) is 0.739. The van der Waals surface area contributed by atoms with Crippen LogP contribution < -0.4 is 5.32 Å². The normalized spacial score (nSPS) is 12.0. The number of aliphatic hydroxyl groups excluding tert-OH is 1. The molecule has 1 aromatic rings. The Kier molecular flexibility index (Phi) is 5.76. The summed E-state index contributed by atoms with van der Waals surface area (Å²) in [6.45, 7) is 6.31. The van der Waals surface area contributed by atoms with Crippen LogP contribution in [0.15, 0.2) is 12.1 Å². The number of halogens is 1. The van der Waals surface area contributed by atoms with Crippen molar-refractivity contribution in [3.05, 3.63) is 21.3 Å². The minimum Gasteiger partial charge on any atom is -0.396 e. The number of hydrogen-bond donors (Lipinski definition) is 2. The van der Waals surface area contributed by atoms with E-state index in [0.29, 0.717) is 0 Å². The van der Waals surface area contributed by atoms with E-state index in [0.717, 1.165) is 30.3 Å². The van der Waals surface area contributed by atoms with Gasteiger partial charge in [-0.15, -0.1) is 11.3 Å². The van der Waals surface area contributed by atoms with E-state index in [9.17, 15) is 0 Å². The van der Waals surface area contributed by atoms with E-state index in [1.807, 2.05) is 6.07 Å². The van der Waals surface area contributed by atoms with Crippen LogP contribution in [0.3, 0.4) is 0 Å². The van der Waals surface area contributed by atoms with Crippen LogP contribution in [-0.2, 0) is 6.54 Å². The maximum Gasteiger partial charge on any atom is 0.0931 e. The fourth-order valence-electron chi connectivity index (χ4n) is 1.43. The number of nitrogens with one attached hydrogen (secondary N) is 1. The lowest BCUT2D eigenvalue weighted by atomic mass is 9.89. The molecule has 0 atom stereocenters. The second kappa shape index (κ2) is 6.60. The van der Waals surface area contributed by atoms with Gasteiger partial charge in [-0.2, -0.15) is 0 Å². The fourth-order valence-corrected chi connectivity index (χ4v) is 2.49. The van der Waals surface area contributed by atoms with Gasteiger partial charge in [0.05, 0.1) is 4.34 Å². The third-order valence-electron chi connectivity index (χ3n) is 2.56. The summed E-state index contributed by atoms with van der Waals surface area (Å²) in [6, 6.07) is 3.98. The molecule has 0 aliphatic rings. The third-order valence-corrected chi connectivity index (χ3v) is 3.79. The molecule has 0 saturated carbocycles. The van der Waals surface area contributed by atoms with E-state index >= 15 is 0 Å². The van der Waals surface area contributed by atoms with Gasteiger partial charge < -0.3 is 10.4 Å². The average molecular weight is 262 g/mol. The van der Waals surface area contributed by atoms with Crippen molar-refractivity contribution >= 4 is 22.9 Å². The topological polar surface area (TPSA) is 32.3 Å². The van der Waals surface area contributed by atoms with Crippen LogP contribution in [0.4, 0.5) is 0 Å². The Morgan fingerprint density at radius 2 is 2.19 bits per heavy atom. The van der Waals surface area contributed by atoms with E-state index in [2.05, 4.69) is 25.2 Å². The zero-order valence-corrected chi connectivity index (χ0v) is 11.5. The summed E-state index contributed by atoms with van der Waals surface area (Å²) < 4.78 is 0.846. The molecule has 0 aliphatic heterocycles. The number of thiophene rings is 1. The highest BCUT2D eigenvalue weighted by molar-refractivity contribution is 7.16. The standard InChI is InChI=1S/C12H20ClNOS/c1-12(2,9-15)6-3-7-14-8-10-4-5-11(13)16-10/h4-5,14-15H,3,6-9H2,1-2H3. The molecule has 4 heteroatoms. The van der Waals surface area contributed by atoms with Crippen LogP contribution in [0.25, 0.3) is 0 Å². The Labute approximate surface area is 107 Å². The largest absolute Gasteiger partial charge is 0.396 e. The number of rotatable bonds is 7. The number of hydrogen-bond acceptors (Lipinski definition) is 3. The molecule has 0 saturated heterocycles. The van der Waals surface area contributed by atoms with Gasteiger partial charge in [0.15, 0.2) is 0 Å². The molecule has 0 bridgehead atoms. The summed E-state index contributed by atoms with van der Waals surface area (Å²) in [4.78, 5) is 1.27. The monoisotopic (exact) mass is 261 g/mol. The van der Waals surface area contributed by atoms with Crippen molar-refractivity contribution in [3.63, 3.8) is 0 Å². The molecule has 16 heavy (non-hydrogen) atoms. The van der Waals surface area contributed by atoms with E-state index in [-0.39, 0.29) is 12.0 Å². The van der Waals surface area contributed by atoms with Crippen LogP contribution >= 0.6 is 22.9 Å². The van der Waals surface area contributed by atoms with Gasteiger partial charge in [0.25, 0.3) is 0 Å². The lowest BCUT2D eigenvalue weighted by Crippen LogP contribution is -2.20. The molecule has 0 unspecified atom stereocenters. The summed E-state index contributed by atoms with van der Waals surface area (Å²) in [5.41, 5.74) is 0.0495. The Hall–Kier alpha value is -0.0900. The Morgan fingerprint density at radius 1 is 1.44 bits per heavy atom. The molecule has 92 valence electrons. The first-order chi connectivity index (χ1) is 7.53. The van der Waals surface area contributed by atoms with E-state index < -0.39 is 0 Å². The van der Waals surface area contributed by atoms with Crippen molar-refractivity contribution in [2.45, 2.75) is 33.2 Å². The van der Waals surface area contributed by atoms with Gasteiger partial charge in [-0.3, -0.25) is 0 Å². The Balaban J connectivity index is 2.08. The first-order valence-corrected chi connectivity index (χ1v) is 6.79. The molecule has 1 heterocycles. The van der Waals surface area contributed by atoms with Crippen molar-refractivity contribution in [3.8, 4) is 0 Å². The minimum absolute atomic E-state index is 0.0495. The van der Waals surface area contributed by atoms with Crippen LogP contribution in [0.2, 0.25) is 4.34 Å². The second-order valence-corrected chi connectivity index (χ2v) is 6.61. The third kappa shape index (κ3) is 5.30. The van der Waals surface area contributed by atoms with E-state index in [1.165, 1.54) is 4.88 Å². The molecule has 2 nitrogen and oxygen atoms in total. The fraction of sp³-hybridized carbons (Fsp3) is 0.667. The van der Waals surface area contributed by atoms with Crippen molar-refractivity contribution < 1.29 is 5.11 Å². The molecular formula is C12H20ClNOS. The first-order valence-electron chi connectivity index (χ1n) is 5.59. The van der Waals surface area contributed by atoms with Crippen LogP contribution in [0.1, 0.15) is 31.6 Å². The zero-order valence-electron chi connectivity index (χ0n) is 9.92. The predicted octanol–water partition coefficient (Wildman–Crippen LogP) is 3.29. The molecule has 2 N–H and O–H groups in total. The highest BCUT2D eigenvalue weighted by Crippen LogP contribution is 2.22. The van der Waals surface area contributed by atoms with Crippen molar-refractivity contribution in [2.24, 2.45) is 5.41 Å². The van der Waals surface area contributed by atoms with Crippen molar-refractivity contribution in [1.82, 2.24) is 5.32 Å². The van der Waals surface area contributed by atoms with Gasteiger partial charge in [-0.25, -0.2) is 0 Å². The van der Waals surface area contributed by atoms with Crippen molar-refractivity contribution in [2.75, 3.05) is 13.2 Å². The smallest absolute Gasteiger partial charge is 0.0931 e. The van der Waals surface area contributed by atoms with Crippen molar-refractivity contribution in [1.29, 1.82) is 0 Å². The molecule has 0 amide bonds. The SMILES string of the molecule is CC(C)(CO)CCCNCc1ccc(Cl)s1. The Bertz CT molecular complexity index is 312. The summed E-state index contributed by atoms with van der Waals surface area (Å²) in [7, 11) is 0. The minimum atomic E-state index is 0.0495. The first kappa shape index (κ1) is 14.0. The molecule has 1 aromatic heterocycles. The molecular weight excluding hydrogens is 242 g/mol. The van der Waals surface area contributed by atoms with Gasteiger partial charge in [-0.1, -0.05) is 25.4 Å². The summed E-state index contributed by atoms with van der Waals surface area (Å²) in [5, 5.41) is 12.5. The highest BCUT2D eigenvalue weighted by Gasteiger charge is 2.15. The molecule has 0 aliphatic carbocycles. The van der Waals surface area contributed by atoms with Gasteiger partial charge in [0.1, 0.15) is 0 Å². The summed E-state index contributed by atoms with van der Waals surface area (Å²) in [6.07, 6.45) is 2.13. The van der Waals surface area contributed by atoms with Gasteiger partial charge >= 0.3 is 0 Å². The van der Waals surface area contributed by atoms with Crippen LogP contribution in [0.5, 0.6) is 0 Å². The lowest BCUT2D eigenvalue weighted by Gasteiger charge is -2.21. The van der Waals surface area contributed by atoms with Crippen LogP contribution in [0, 0.1) is 5.41 Å². The maximum atomic E-state index is 9.10. The lowest BCUT2D eigenvalue weighted by molar-refractivity contribution is 0.148. The zero-order chi connectivity index (χ0) is 12.0. The molecule has 0 fully saturated rings. The maximum absolute atomic E-state index is 9.10. The average Bonchev–Trinajstić information content (AvgIpc) is 2.64. The van der Waals surface area contributed by atoms with Gasteiger partial charge in [-0.05, 0) is 36.9 Å². The molecule has 0 radical (unpaired) electrons. The molecule has 0 spiro atoms. The summed E-state index contributed by atoms with van der Waals surface area (Å²) in [5.74, 6) is 0. The molecule has 0 aromatic carbocycles. The van der Waals surface area contributed by atoms with E-state index in [1.54, 1.807) is 11.3 Å². The number of aliphatic hydroxyl groups is 1. The predicted molar refractivity (Wildman–Crippen MR) is 71.1 cm³/mol. The Morgan fingerprint density at radius 3 is 2.75 bits per heavy atom. The second-order valence-electron chi connectivity index (χ2n) is 4.81. The highest BCUT2D eigenvalue weighted by atomic mass is 35.5. The van der Waals surface area contributed by atoms with Gasteiger partial charge in [0.2, 0.25) is 0 Å². The summed E-state index contributed by atoms with van der Waals surface area (Å²) >= 11 is 7.46. The van der Waals surface area contributed by atoms with E-state index in [4.69, 9.17) is 16.7 Å². The van der Waals surface area contributed by atoms with Crippen LogP contribution in [-0.4, -0.2) is 18.3 Å². The van der Waals surface area contributed by atoms with Gasteiger partial charge in [0, 0.05) is 18.0 Å².